The number of nitrogens with zero attached hydrogens (tertiary/aromatic N) is 1. The second-order valence-corrected chi connectivity index (χ2v) is 6.05. The van der Waals surface area contributed by atoms with Crippen molar-refractivity contribution in [3.8, 4) is 0 Å². The maximum absolute atomic E-state index is 10.8. The Morgan fingerprint density at radius 1 is 1.16 bits per heavy atom. The molecule has 0 amide bonds. The van der Waals surface area contributed by atoms with Crippen LogP contribution in [0.1, 0.15) is 45.4 Å². The summed E-state index contributed by atoms with van der Waals surface area (Å²) >= 11 is 0. The minimum atomic E-state index is -4.31. The van der Waals surface area contributed by atoms with Gasteiger partial charge in [0, 0.05) is 0 Å². The average Bonchev–Trinajstić information content (AvgIpc) is 2.24. The molecule has 0 aromatic carbocycles. The zero-order valence-corrected chi connectivity index (χ0v) is 12.2. The monoisotopic (exact) mass is 297 g/mol. The van der Waals surface area contributed by atoms with Crippen molar-refractivity contribution in [1.29, 1.82) is 0 Å². The summed E-state index contributed by atoms with van der Waals surface area (Å²) in [6, 6.07) is 0. The van der Waals surface area contributed by atoms with Crippen LogP contribution in [-0.4, -0.2) is 45.4 Å². The number of hydroxylamine groups is 2. The second-order valence-electron chi connectivity index (χ2n) is 4.44. The van der Waals surface area contributed by atoms with E-state index in [1.54, 1.807) is 0 Å². The predicted molar refractivity (Wildman–Crippen MR) is 70.6 cm³/mol. The van der Waals surface area contributed by atoms with Gasteiger partial charge in [0.2, 0.25) is 0 Å². The topological polar surface area (TPSA) is 107 Å². The normalized spacial score (nSPS) is 12.0. The first-order chi connectivity index (χ1) is 8.85. The quantitative estimate of drug-likeness (QED) is 0.286. The summed E-state index contributed by atoms with van der Waals surface area (Å²) in [6.07, 6.45) is 5.65. The first kappa shape index (κ1) is 18.5. The van der Waals surface area contributed by atoms with E-state index in [4.69, 9.17) is 19.7 Å². The van der Waals surface area contributed by atoms with Crippen LogP contribution in [0.2, 0.25) is 0 Å². The molecule has 0 aliphatic heterocycles. The minimum Gasteiger partial charge on any atom is -0.480 e. The van der Waals surface area contributed by atoms with E-state index in [1.165, 1.54) is 12.8 Å². The molecule has 19 heavy (non-hydrogen) atoms. The molecular weight excluding hydrogens is 273 g/mol. The van der Waals surface area contributed by atoms with Crippen molar-refractivity contribution in [3.05, 3.63) is 0 Å². The zero-order valence-electron chi connectivity index (χ0n) is 11.3. The van der Waals surface area contributed by atoms with Crippen molar-refractivity contribution in [3.63, 3.8) is 0 Å². The molecular formula is C11H24NO6P. The molecule has 0 radical (unpaired) electrons. The third-order valence-electron chi connectivity index (χ3n) is 2.43. The molecule has 0 aromatic rings. The molecule has 0 heterocycles. The smallest absolute Gasteiger partial charge is 0.341 e. The third kappa shape index (κ3) is 13.8. The molecule has 0 saturated heterocycles. The first-order valence-corrected chi connectivity index (χ1v) is 8.29. The fourth-order valence-corrected chi connectivity index (χ4v) is 2.16. The lowest BCUT2D eigenvalue weighted by Crippen LogP contribution is -2.31. The molecule has 114 valence electrons. The molecule has 7 nitrogen and oxygen atoms in total. The van der Waals surface area contributed by atoms with Gasteiger partial charge in [-0.1, -0.05) is 39.0 Å². The lowest BCUT2D eigenvalue weighted by molar-refractivity contribution is -0.171. The van der Waals surface area contributed by atoms with E-state index >= 15 is 0 Å². The molecule has 3 N–H and O–H groups in total. The van der Waals surface area contributed by atoms with Gasteiger partial charge in [0.05, 0.1) is 6.61 Å². The van der Waals surface area contributed by atoms with Crippen LogP contribution in [0.25, 0.3) is 0 Å². The molecule has 0 aliphatic carbocycles. The average molecular weight is 297 g/mol. The van der Waals surface area contributed by atoms with Crippen molar-refractivity contribution >= 4 is 13.6 Å². The maximum Gasteiger partial charge on any atom is 0.341 e. The molecule has 0 spiro atoms. The Morgan fingerprint density at radius 3 is 2.26 bits per heavy atom. The van der Waals surface area contributed by atoms with Crippen molar-refractivity contribution in [2.45, 2.75) is 45.4 Å². The van der Waals surface area contributed by atoms with E-state index in [1.807, 2.05) is 0 Å². The van der Waals surface area contributed by atoms with Gasteiger partial charge in [-0.05, 0) is 6.42 Å². The molecule has 0 fully saturated rings. The van der Waals surface area contributed by atoms with E-state index in [0.717, 1.165) is 30.7 Å². The summed E-state index contributed by atoms with van der Waals surface area (Å²) in [4.78, 5) is 33.2. The Kier molecular flexibility index (Phi) is 10.1. The zero-order chi connectivity index (χ0) is 14.7. The number of unbranched alkanes of at least 4 members (excludes halogenated alkanes) is 5. The molecule has 8 heteroatoms. The van der Waals surface area contributed by atoms with E-state index in [0.29, 0.717) is 0 Å². The Bertz CT molecular complexity index is 293. The van der Waals surface area contributed by atoms with Crippen LogP contribution < -0.4 is 0 Å². The van der Waals surface area contributed by atoms with Crippen LogP contribution in [0.3, 0.4) is 0 Å². The highest BCUT2D eigenvalue weighted by molar-refractivity contribution is 7.51. The summed E-state index contributed by atoms with van der Waals surface area (Å²) in [5.41, 5.74) is 0. The fraction of sp³-hybridized carbons (Fsp3) is 0.909. The van der Waals surface area contributed by atoms with E-state index in [9.17, 15) is 9.36 Å². The molecule has 0 unspecified atom stereocenters. The van der Waals surface area contributed by atoms with Gasteiger partial charge in [-0.15, -0.1) is 0 Å². The lowest BCUT2D eigenvalue weighted by Gasteiger charge is -2.20. The molecule has 0 saturated carbocycles. The summed E-state index contributed by atoms with van der Waals surface area (Å²) in [5.74, 6) is -1.18. The van der Waals surface area contributed by atoms with Gasteiger partial charge in [-0.3, -0.25) is 14.2 Å². The first-order valence-electron chi connectivity index (χ1n) is 6.49. The van der Waals surface area contributed by atoms with E-state index in [2.05, 4.69) is 6.92 Å². The fourth-order valence-electron chi connectivity index (χ4n) is 1.57. The Hall–Kier alpha value is -0.460. The second kappa shape index (κ2) is 10.3. The van der Waals surface area contributed by atoms with Gasteiger partial charge < -0.3 is 14.9 Å². The van der Waals surface area contributed by atoms with Gasteiger partial charge in [-0.2, -0.15) is 5.06 Å². The highest BCUT2D eigenvalue weighted by atomic mass is 31.2. The Labute approximate surface area is 113 Å². The van der Waals surface area contributed by atoms with Crippen LogP contribution in [-0.2, 0) is 14.2 Å². The highest BCUT2D eigenvalue weighted by Crippen LogP contribution is 2.35. The van der Waals surface area contributed by atoms with Gasteiger partial charge in [-0.25, -0.2) is 0 Å². The standard InChI is InChI=1S/C11H24NO6P/c1-2-3-4-5-6-7-8-18-12(9-11(13)14)10-19(15,16)17/h2-10H2,1H3,(H,13,14)(H2,15,16,17). The molecule has 0 aromatic heterocycles. The molecule has 0 rings (SSSR count). The minimum absolute atomic E-state index is 0.277. The highest BCUT2D eigenvalue weighted by Gasteiger charge is 2.21. The summed E-state index contributed by atoms with van der Waals surface area (Å²) < 4.78 is 10.8. The number of carboxylic acid groups (broad SMARTS) is 1. The molecule has 0 aliphatic rings. The van der Waals surface area contributed by atoms with Crippen molar-refractivity contribution in [2.24, 2.45) is 0 Å². The predicted octanol–water partition coefficient (Wildman–Crippen LogP) is 1.80. The molecule has 0 bridgehead atoms. The largest absolute Gasteiger partial charge is 0.480 e. The van der Waals surface area contributed by atoms with Crippen molar-refractivity contribution in [1.82, 2.24) is 5.06 Å². The van der Waals surface area contributed by atoms with Gasteiger partial charge in [0.15, 0.2) is 0 Å². The lowest BCUT2D eigenvalue weighted by atomic mass is 10.1. The number of hydrogen-bond acceptors (Lipinski definition) is 4. The maximum atomic E-state index is 10.8. The van der Waals surface area contributed by atoms with Crippen molar-refractivity contribution in [2.75, 3.05) is 19.4 Å². The van der Waals surface area contributed by atoms with Crippen LogP contribution in [0.4, 0.5) is 0 Å². The summed E-state index contributed by atoms with van der Waals surface area (Å²) in [7, 11) is -4.31. The van der Waals surface area contributed by atoms with Crippen LogP contribution >= 0.6 is 7.60 Å². The third-order valence-corrected chi connectivity index (χ3v) is 3.11. The molecule has 0 atom stereocenters. The summed E-state index contributed by atoms with van der Waals surface area (Å²) in [5, 5.41) is 9.42. The van der Waals surface area contributed by atoms with Crippen LogP contribution in [0.5, 0.6) is 0 Å². The van der Waals surface area contributed by atoms with Gasteiger partial charge in [0.25, 0.3) is 0 Å². The Balaban J connectivity index is 3.80. The number of carbonyl (C=O) groups is 1. The Morgan fingerprint density at radius 2 is 1.74 bits per heavy atom. The summed E-state index contributed by atoms with van der Waals surface area (Å²) in [6.45, 7) is 1.87. The van der Waals surface area contributed by atoms with Crippen molar-refractivity contribution < 1.29 is 29.1 Å². The van der Waals surface area contributed by atoms with Gasteiger partial charge >= 0.3 is 13.6 Å². The number of hydrogen-bond donors (Lipinski definition) is 3. The van der Waals surface area contributed by atoms with Crippen LogP contribution in [0.15, 0.2) is 0 Å². The van der Waals surface area contributed by atoms with E-state index in [-0.39, 0.29) is 6.61 Å². The number of aliphatic carboxylic acids is 1. The number of rotatable bonds is 12. The van der Waals surface area contributed by atoms with E-state index < -0.39 is 26.4 Å². The SMILES string of the molecule is CCCCCCCCON(CC(=O)O)CP(=O)(O)O. The number of carboxylic acids is 1. The van der Waals surface area contributed by atoms with Gasteiger partial charge in [0.1, 0.15) is 12.8 Å². The van der Waals surface area contributed by atoms with Crippen LogP contribution in [0, 0.1) is 0 Å².